The maximum absolute atomic E-state index is 11.5. The molecule has 0 aromatic heterocycles. The topological polar surface area (TPSA) is 158 Å². The van der Waals surface area contributed by atoms with E-state index in [9.17, 15) is 24.9 Å². The Kier molecular flexibility index (Phi) is 8.20. The maximum atomic E-state index is 11.5. The summed E-state index contributed by atoms with van der Waals surface area (Å²) in [4.78, 5) is 21.7. The van der Waals surface area contributed by atoms with Crippen molar-refractivity contribution >= 4 is 12.0 Å². The lowest BCUT2D eigenvalue weighted by Crippen LogP contribution is -2.57. The van der Waals surface area contributed by atoms with Crippen LogP contribution < -0.4 is 10.6 Å². The molecule has 0 saturated carbocycles. The molecule has 0 bridgehead atoms. The number of ether oxygens (including phenoxy) is 2. The third-order valence-electron chi connectivity index (χ3n) is 3.37. The van der Waals surface area contributed by atoms with Gasteiger partial charge in [-0.05, 0) is 13.3 Å². The minimum atomic E-state index is -1.38. The van der Waals surface area contributed by atoms with Gasteiger partial charge in [-0.1, -0.05) is 0 Å². The summed E-state index contributed by atoms with van der Waals surface area (Å²) in [5.74, 6) is -0.255. The fraction of sp³-hybridized carbons (Fsp3) is 0.846. The number of carbonyl (C=O) groups excluding carboxylic acids is 1. The highest BCUT2D eigenvalue weighted by atomic mass is 16.7. The summed E-state index contributed by atoms with van der Waals surface area (Å²) in [5, 5.41) is 41.9. The lowest BCUT2D eigenvalue weighted by Gasteiger charge is -2.38. The zero-order valence-electron chi connectivity index (χ0n) is 12.8. The molecule has 0 spiro atoms. The van der Waals surface area contributed by atoms with Gasteiger partial charge in [0.05, 0.1) is 12.7 Å². The highest BCUT2D eigenvalue weighted by molar-refractivity contribution is 5.75. The second-order valence-electron chi connectivity index (χ2n) is 5.24. The minimum Gasteiger partial charge on any atom is -0.465 e. The summed E-state index contributed by atoms with van der Waals surface area (Å²) in [6, 6.07) is 0. The van der Waals surface area contributed by atoms with Gasteiger partial charge in [0.25, 0.3) is 0 Å². The number of rotatable bonds is 8. The highest BCUT2D eigenvalue weighted by Crippen LogP contribution is 2.21. The maximum Gasteiger partial charge on any atom is 0.404 e. The monoisotopic (exact) mass is 336 g/mol. The molecule has 23 heavy (non-hydrogen) atoms. The van der Waals surface area contributed by atoms with Crippen LogP contribution in [0.2, 0.25) is 0 Å². The summed E-state index contributed by atoms with van der Waals surface area (Å²) < 4.78 is 10.5. The van der Waals surface area contributed by atoms with Crippen molar-refractivity contribution in [2.75, 3.05) is 19.7 Å². The average Bonchev–Trinajstić information content (AvgIpc) is 2.50. The van der Waals surface area contributed by atoms with Gasteiger partial charge >= 0.3 is 6.09 Å². The Labute approximate surface area is 133 Å². The lowest BCUT2D eigenvalue weighted by molar-refractivity contribution is -0.292. The molecule has 10 nitrogen and oxygen atoms in total. The number of aliphatic hydroxyl groups is 3. The van der Waals surface area contributed by atoms with Gasteiger partial charge in [-0.2, -0.15) is 0 Å². The Morgan fingerprint density at radius 3 is 2.43 bits per heavy atom. The smallest absolute Gasteiger partial charge is 0.404 e. The van der Waals surface area contributed by atoms with E-state index in [1.165, 1.54) is 0 Å². The summed E-state index contributed by atoms with van der Waals surface area (Å²) >= 11 is 0. The Morgan fingerprint density at radius 1 is 1.09 bits per heavy atom. The van der Waals surface area contributed by atoms with Gasteiger partial charge in [0.1, 0.15) is 18.3 Å². The second-order valence-corrected chi connectivity index (χ2v) is 5.24. The van der Waals surface area contributed by atoms with E-state index < -0.39 is 36.8 Å². The molecule has 0 aromatic carbocycles. The standard InChI is InChI=1S/C13H24N2O8/c1-7-9(17)10(18)11(19)12(23-7)22-6-5-14-8(16)3-2-4-15-13(20)21/h7,9-12,15,17-19H,2-6H2,1H3,(H,14,16)(H,20,21)/t7-,9+,10+,11-,12+/m0/s1. The number of carboxylic acid groups (broad SMARTS) is 1. The van der Waals surface area contributed by atoms with Gasteiger partial charge in [-0.25, -0.2) is 4.79 Å². The molecule has 1 rings (SSSR count). The molecule has 0 aromatic rings. The molecule has 0 aliphatic carbocycles. The zero-order valence-corrected chi connectivity index (χ0v) is 12.8. The van der Waals surface area contributed by atoms with E-state index in [0.717, 1.165) is 0 Å². The van der Waals surface area contributed by atoms with E-state index in [1.807, 2.05) is 0 Å². The molecular formula is C13H24N2O8. The predicted molar refractivity (Wildman–Crippen MR) is 76.6 cm³/mol. The van der Waals surface area contributed by atoms with Gasteiger partial charge in [0.15, 0.2) is 6.29 Å². The number of aliphatic hydroxyl groups excluding tert-OH is 3. The van der Waals surface area contributed by atoms with E-state index in [4.69, 9.17) is 14.6 Å². The van der Waals surface area contributed by atoms with E-state index >= 15 is 0 Å². The van der Waals surface area contributed by atoms with Crippen molar-refractivity contribution in [2.24, 2.45) is 0 Å². The average molecular weight is 336 g/mol. The molecule has 1 aliphatic heterocycles. The molecule has 1 saturated heterocycles. The molecule has 10 heteroatoms. The van der Waals surface area contributed by atoms with Crippen LogP contribution in [-0.2, 0) is 14.3 Å². The van der Waals surface area contributed by atoms with Gasteiger partial charge in [-0.3, -0.25) is 4.79 Å². The van der Waals surface area contributed by atoms with Crippen molar-refractivity contribution in [1.29, 1.82) is 0 Å². The van der Waals surface area contributed by atoms with E-state index in [0.29, 0.717) is 6.42 Å². The molecule has 0 radical (unpaired) electrons. The van der Waals surface area contributed by atoms with Crippen molar-refractivity contribution in [1.82, 2.24) is 10.6 Å². The number of hydrogen-bond donors (Lipinski definition) is 6. The first kappa shape index (κ1) is 19.6. The Balaban J connectivity index is 2.14. The van der Waals surface area contributed by atoms with Gasteiger partial charge in [0, 0.05) is 19.5 Å². The van der Waals surface area contributed by atoms with Gasteiger partial charge in [0.2, 0.25) is 5.91 Å². The first-order valence-electron chi connectivity index (χ1n) is 7.37. The van der Waals surface area contributed by atoms with Crippen molar-refractivity contribution in [3.05, 3.63) is 0 Å². The van der Waals surface area contributed by atoms with Crippen LogP contribution in [0.3, 0.4) is 0 Å². The van der Waals surface area contributed by atoms with Crippen LogP contribution in [0.1, 0.15) is 19.8 Å². The fourth-order valence-electron chi connectivity index (χ4n) is 2.05. The molecule has 1 fully saturated rings. The first-order chi connectivity index (χ1) is 10.8. The van der Waals surface area contributed by atoms with E-state index in [-0.39, 0.29) is 32.0 Å². The number of carbonyl (C=O) groups is 2. The summed E-state index contributed by atoms with van der Waals surface area (Å²) in [6.45, 7) is 1.96. The normalized spacial score (nSPS) is 30.7. The van der Waals surface area contributed by atoms with Gasteiger partial charge in [-0.15, -0.1) is 0 Å². The van der Waals surface area contributed by atoms with Crippen molar-refractivity contribution in [2.45, 2.75) is 50.5 Å². The molecule has 6 N–H and O–H groups in total. The Hall–Kier alpha value is -1.46. The number of nitrogens with one attached hydrogen (secondary N) is 2. The van der Waals surface area contributed by atoms with Gasteiger partial charge < -0.3 is 40.5 Å². The lowest BCUT2D eigenvalue weighted by atomic mass is 10.0. The van der Waals surface area contributed by atoms with Crippen LogP contribution >= 0.6 is 0 Å². The molecule has 2 amide bonds. The van der Waals surface area contributed by atoms with E-state index in [2.05, 4.69) is 10.6 Å². The summed E-state index contributed by atoms with van der Waals surface area (Å²) in [5.41, 5.74) is 0. The van der Waals surface area contributed by atoms with Crippen LogP contribution in [-0.4, -0.2) is 82.8 Å². The summed E-state index contributed by atoms with van der Waals surface area (Å²) in [6.07, 6.45) is -6.28. The quantitative estimate of drug-likeness (QED) is 0.278. The van der Waals surface area contributed by atoms with Crippen LogP contribution in [0.5, 0.6) is 0 Å². The van der Waals surface area contributed by atoms with Crippen LogP contribution in [0, 0.1) is 0 Å². The molecule has 1 heterocycles. The fourth-order valence-corrected chi connectivity index (χ4v) is 2.05. The predicted octanol–water partition coefficient (Wildman–Crippen LogP) is -2.01. The molecule has 5 atom stereocenters. The molecule has 0 unspecified atom stereocenters. The third-order valence-corrected chi connectivity index (χ3v) is 3.37. The number of amides is 2. The second kappa shape index (κ2) is 9.63. The Bertz CT molecular complexity index is 394. The SMILES string of the molecule is C[C@@H]1O[C@@H](OCCNC(=O)CCCNC(=O)O)[C@@H](O)[C@H](O)[C@@H]1O. The van der Waals surface area contributed by atoms with Crippen LogP contribution in [0.4, 0.5) is 4.79 Å². The molecular weight excluding hydrogens is 312 g/mol. The Morgan fingerprint density at radius 2 is 1.78 bits per heavy atom. The zero-order chi connectivity index (χ0) is 17.4. The van der Waals surface area contributed by atoms with Crippen LogP contribution in [0.25, 0.3) is 0 Å². The summed E-state index contributed by atoms with van der Waals surface area (Å²) in [7, 11) is 0. The first-order valence-corrected chi connectivity index (χ1v) is 7.37. The highest BCUT2D eigenvalue weighted by Gasteiger charge is 2.42. The van der Waals surface area contributed by atoms with E-state index in [1.54, 1.807) is 6.92 Å². The third kappa shape index (κ3) is 6.67. The largest absolute Gasteiger partial charge is 0.465 e. The van der Waals surface area contributed by atoms with Crippen molar-refractivity contribution < 1.29 is 39.5 Å². The minimum absolute atomic E-state index is 0.0520. The van der Waals surface area contributed by atoms with Crippen molar-refractivity contribution in [3.63, 3.8) is 0 Å². The van der Waals surface area contributed by atoms with Crippen molar-refractivity contribution in [3.8, 4) is 0 Å². The molecule has 1 aliphatic rings. The number of hydrogen-bond acceptors (Lipinski definition) is 7. The van der Waals surface area contributed by atoms with Crippen LogP contribution in [0.15, 0.2) is 0 Å². The molecule has 134 valence electrons.